The molecule has 1 saturated heterocycles. The van der Waals surface area contributed by atoms with Crippen LogP contribution < -0.4 is 4.72 Å². The zero-order chi connectivity index (χ0) is 12.0. The Kier molecular flexibility index (Phi) is 5.26. The van der Waals surface area contributed by atoms with Gasteiger partial charge >= 0.3 is 0 Å². The SMILES string of the molecule is C#CC(CCC)NS(=O)(=O)N1CCCCC1. The molecule has 0 aromatic carbocycles. The van der Waals surface area contributed by atoms with E-state index in [1.54, 1.807) is 0 Å². The minimum absolute atomic E-state index is 0.378. The van der Waals surface area contributed by atoms with Crippen LogP contribution in [0, 0.1) is 12.3 Å². The molecule has 1 heterocycles. The van der Waals surface area contributed by atoms with Gasteiger partial charge in [0.05, 0.1) is 6.04 Å². The van der Waals surface area contributed by atoms with Crippen molar-refractivity contribution >= 4 is 10.2 Å². The average Bonchev–Trinajstić information content (AvgIpc) is 2.29. The fourth-order valence-corrected chi connectivity index (χ4v) is 3.26. The highest BCUT2D eigenvalue weighted by Gasteiger charge is 2.25. The van der Waals surface area contributed by atoms with E-state index in [9.17, 15) is 8.42 Å². The standard InChI is InChI=1S/C11H20N2O2S/c1-3-8-11(4-2)12-16(14,15)13-9-6-5-7-10-13/h2,11-12H,3,5-10H2,1H3. The molecule has 1 fully saturated rings. The van der Waals surface area contributed by atoms with Crippen molar-refractivity contribution in [1.29, 1.82) is 0 Å². The van der Waals surface area contributed by atoms with Gasteiger partial charge in [0.15, 0.2) is 0 Å². The summed E-state index contributed by atoms with van der Waals surface area (Å²) < 4.78 is 28.0. The van der Waals surface area contributed by atoms with Crippen LogP contribution in [0.25, 0.3) is 0 Å². The lowest BCUT2D eigenvalue weighted by Gasteiger charge is -2.27. The van der Waals surface area contributed by atoms with Gasteiger partial charge in [0.25, 0.3) is 10.2 Å². The van der Waals surface area contributed by atoms with Gasteiger partial charge in [-0.05, 0) is 19.3 Å². The van der Waals surface area contributed by atoms with Gasteiger partial charge in [0.2, 0.25) is 0 Å². The number of nitrogens with one attached hydrogen (secondary N) is 1. The number of hydrogen-bond donors (Lipinski definition) is 1. The van der Waals surface area contributed by atoms with Crippen molar-refractivity contribution < 1.29 is 8.42 Å². The van der Waals surface area contributed by atoms with Crippen LogP contribution in [0.3, 0.4) is 0 Å². The molecule has 0 saturated carbocycles. The smallest absolute Gasteiger partial charge is 0.195 e. The van der Waals surface area contributed by atoms with E-state index in [0.29, 0.717) is 19.5 Å². The molecule has 0 spiro atoms. The molecule has 0 bridgehead atoms. The van der Waals surface area contributed by atoms with Crippen molar-refractivity contribution in [1.82, 2.24) is 9.03 Å². The Balaban J connectivity index is 2.59. The maximum atomic E-state index is 11.9. The second kappa shape index (κ2) is 6.24. The largest absolute Gasteiger partial charge is 0.280 e. The van der Waals surface area contributed by atoms with Crippen LogP contribution in [0.15, 0.2) is 0 Å². The van der Waals surface area contributed by atoms with Gasteiger partial charge in [-0.25, -0.2) is 0 Å². The molecule has 1 N–H and O–H groups in total. The predicted molar refractivity (Wildman–Crippen MR) is 65.0 cm³/mol. The molecule has 5 heteroatoms. The number of piperidine rings is 1. The van der Waals surface area contributed by atoms with Crippen LogP contribution in [0.1, 0.15) is 39.0 Å². The van der Waals surface area contributed by atoms with Gasteiger partial charge in [-0.1, -0.05) is 25.7 Å². The van der Waals surface area contributed by atoms with E-state index in [4.69, 9.17) is 6.42 Å². The molecule has 1 unspecified atom stereocenters. The van der Waals surface area contributed by atoms with E-state index in [2.05, 4.69) is 10.6 Å². The first kappa shape index (κ1) is 13.5. The molecule has 16 heavy (non-hydrogen) atoms. The molecule has 1 aliphatic rings. The van der Waals surface area contributed by atoms with Crippen LogP contribution in [0.4, 0.5) is 0 Å². The van der Waals surface area contributed by atoms with E-state index >= 15 is 0 Å². The van der Waals surface area contributed by atoms with Crippen LogP contribution in [0.5, 0.6) is 0 Å². The first-order valence-corrected chi connectivity index (χ1v) is 7.27. The summed E-state index contributed by atoms with van der Waals surface area (Å²) in [5.41, 5.74) is 0. The van der Waals surface area contributed by atoms with Crippen molar-refractivity contribution in [3.8, 4) is 12.3 Å². The summed E-state index contributed by atoms with van der Waals surface area (Å²) in [6.07, 6.45) is 9.85. The maximum absolute atomic E-state index is 11.9. The Morgan fingerprint density at radius 2 is 2.00 bits per heavy atom. The molecule has 1 rings (SSSR count). The molecule has 92 valence electrons. The molecular weight excluding hydrogens is 224 g/mol. The minimum Gasteiger partial charge on any atom is -0.195 e. The Morgan fingerprint density at radius 3 is 2.50 bits per heavy atom. The molecule has 4 nitrogen and oxygen atoms in total. The van der Waals surface area contributed by atoms with Gasteiger partial charge in [0.1, 0.15) is 0 Å². The van der Waals surface area contributed by atoms with Gasteiger partial charge in [-0.15, -0.1) is 6.42 Å². The van der Waals surface area contributed by atoms with Crippen LogP contribution in [-0.2, 0) is 10.2 Å². The van der Waals surface area contributed by atoms with E-state index in [1.165, 1.54) is 4.31 Å². The molecule has 1 aliphatic heterocycles. The highest BCUT2D eigenvalue weighted by molar-refractivity contribution is 7.87. The van der Waals surface area contributed by atoms with Gasteiger partial charge in [0, 0.05) is 13.1 Å². The van der Waals surface area contributed by atoms with Crippen molar-refractivity contribution in [2.24, 2.45) is 0 Å². The summed E-state index contributed by atoms with van der Waals surface area (Å²) in [5.74, 6) is 2.48. The molecule has 0 radical (unpaired) electrons. The quantitative estimate of drug-likeness (QED) is 0.736. The monoisotopic (exact) mass is 244 g/mol. The Hall–Kier alpha value is -0.570. The Morgan fingerprint density at radius 1 is 1.38 bits per heavy atom. The lowest BCUT2D eigenvalue weighted by atomic mass is 10.2. The third-order valence-corrected chi connectivity index (χ3v) is 4.35. The molecule has 0 aromatic heterocycles. The lowest BCUT2D eigenvalue weighted by molar-refractivity contribution is 0.340. The van der Waals surface area contributed by atoms with Crippen molar-refractivity contribution in [2.75, 3.05) is 13.1 Å². The summed E-state index contributed by atoms with van der Waals surface area (Å²) in [6, 6.07) is -0.378. The third-order valence-electron chi connectivity index (χ3n) is 2.72. The summed E-state index contributed by atoms with van der Waals surface area (Å²) >= 11 is 0. The van der Waals surface area contributed by atoms with Crippen LogP contribution in [-0.4, -0.2) is 31.9 Å². The summed E-state index contributed by atoms with van der Waals surface area (Å²) in [4.78, 5) is 0. The van der Waals surface area contributed by atoms with Crippen molar-refractivity contribution in [3.63, 3.8) is 0 Å². The lowest BCUT2D eigenvalue weighted by Crippen LogP contribution is -2.46. The summed E-state index contributed by atoms with van der Waals surface area (Å²) in [6.45, 7) is 3.21. The zero-order valence-electron chi connectivity index (χ0n) is 9.78. The number of rotatable bonds is 5. The molecule has 1 atom stereocenters. The van der Waals surface area contributed by atoms with E-state index in [0.717, 1.165) is 25.7 Å². The normalized spacial score (nSPS) is 20.2. The third kappa shape index (κ3) is 3.78. The predicted octanol–water partition coefficient (Wildman–Crippen LogP) is 1.11. The maximum Gasteiger partial charge on any atom is 0.280 e. The zero-order valence-corrected chi connectivity index (χ0v) is 10.6. The fraction of sp³-hybridized carbons (Fsp3) is 0.818. The number of terminal acetylenes is 1. The number of hydrogen-bond acceptors (Lipinski definition) is 2. The molecule has 0 aromatic rings. The average molecular weight is 244 g/mol. The molecular formula is C11H20N2O2S. The molecule has 0 aliphatic carbocycles. The van der Waals surface area contributed by atoms with Gasteiger partial charge in [-0.2, -0.15) is 17.4 Å². The highest BCUT2D eigenvalue weighted by atomic mass is 32.2. The Bertz CT molecular complexity index is 339. The summed E-state index contributed by atoms with van der Waals surface area (Å²) in [5, 5.41) is 0. The highest BCUT2D eigenvalue weighted by Crippen LogP contribution is 2.12. The van der Waals surface area contributed by atoms with Crippen molar-refractivity contribution in [2.45, 2.75) is 45.1 Å². The van der Waals surface area contributed by atoms with Crippen molar-refractivity contribution in [3.05, 3.63) is 0 Å². The second-order valence-electron chi connectivity index (χ2n) is 4.09. The first-order valence-electron chi connectivity index (χ1n) is 5.83. The Labute approximate surface area is 98.6 Å². The van der Waals surface area contributed by atoms with Gasteiger partial charge < -0.3 is 0 Å². The first-order chi connectivity index (χ1) is 7.60. The minimum atomic E-state index is -3.38. The van der Waals surface area contributed by atoms with Gasteiger partial charge in [-0.3, -0.25) is 0 Å². The second-order valence-corrected chi connectivity index (χ2v) is 5.79. The molecule has 0 amide bonds. The van der Waals surface area contributed by atoms with Crippen LogP contribution in [0.2, 0.25) is 0 Å². The van der Waals surface area contributed by atoms with E-state index in [1.807, 2.05) is 6.92 Å². The van der Waals surface area contributed by atoms with E-state index < -0.39 is 10.2 Å². The van der Waals surface area contributed by atoms with E-state index in [-0.39, 0.29) is 6.04 Å². The topological polar surface area (TPSA) is 49.4 Å². The summed E-state index contributed by atoms with van der Waals surface area (Å²) in [7, 11) is -3.38. The fourth-order valence-electron chi connectivity index (χ4n) is 1.82. The van der Waals surface area contributed by atoms with Crippen LogP contribution >= 0.6 is 0 Å². The number of nitrogens with zero attached hydrogens (tertiary/aromatic N) is 1.